The van der Waals surface area contributed by atoms with Crippen LogP contribution in [-0.2, 0) is 9.53 Å². The first-order valence-corrected chi connectivity index (χ1v) is 7.95. The summed E-state index contributed by atoms with van der Waals surface area (Å²) in [6.07, 6.45) is 3.07. The lowest BCUT2D eigenvalue weighted by Gasteiger charge is -2.18. The zero-order valence-corrected chi connectivity index (χ0v) is 14.9. The van der Waals surface area contributed by atoms with Gasteiger partial charge in [-0.3, -0.25) is 14.6 Å². The highest BCUT2D eigenvalue weighted by atomic mass is 79.9. The standard InChI is InChI=1S/C17H17BrN2O4/c1-23-14-5-3-11(4-6-14)15(8-16(21)24-2)20-17(22)12-7-13(18)10-19-9-12/h3-7,9-10,15H,8H2,1-2H3,(H,20,22). The van der Waals surface area contributed by atoms with Crippen molar-refractivity contribution in [3.8, 4) is 5.75 Å². The monoisotopic (exact) mass is 392 g/mol. The van der Waals surface area contributed by atoms with E-state index < -0.39 is 12.0 Å². The fourth-order valence-electron chi connectivity index (χ4n) is 2.12. The maximum absolute atomic E-state index is 12.4. The molecule has 7 heteroatoms. The van der Waals surface area contributed by atoms with Crippen molar-refractivity contribution in [2.45, 2.75) is 12.5 Å². The van der Waals surface area contributed by atoms with Crippen molar-refractivity contribution in [2.24, 2.45) is 0 Å². The van der Waals surface area contributed by atoms with Crippen LogP contribution in [0.5, 0.6) is 5.75 Å². The van der Waals surface area contributed by atoms with Gasteiger partial charge < -0.3 is 14.8 Å². The van der Waals surface area contributed by atoms with E-state index in [2.05, 4.69) is 26.2 Å². The molecule has 0 fully saturated rings. The van der Waals surface area contributed by atoms with Crippen molar-refractivity contribution in [1.29, 1.82) is 0 Å². The average molecular weight is 393 g/mol. The third-order valence-corrected chi connectivity index (χ3v) is 3.82. The van der Waals surface area contributed by atoms with Gasteiger partial charge in [-0.1, -0.05) is 12.1 Å². The highest BCUT2D eigenvalue weighted by Crippen LogP contribution is 2.21. The highest BCUT2D eigenvalue weighted by molar-refractivity contribution is 9.10. The summed E-state index contributed by atoms with van der Waals surface area (Å²) in [5, 5.41) is 2.84. The Morgan fingerprint density at radius 1 is 1.21 bits per heavy atom. The third-order valence-electron chi connectivity index (χ3n) is 3.39. The number of methoxy groups -OCH3 is 2. The van der Waals surface area contributed by atoms with Crippen LogP contribution in [0.2, 0.25) is 0 Å². The van der Waals surface area contributed by atoms with Gasteiger partial charge in [-0.2, -0.15) is 0 Å². The van der Waals surface area contributed by atoms with E-state index in [1.165, 1.54) is 13.3 Å². The van der Waals surface area contributed by atoms with Gasteiger partial charge in [-0.15, -0.1) is 0 Å². The van der Waals surface area contributed by atoms with Crippen LogP contribution in [0.15, 0.2) is 47.2 Å². The van der Waals surface area contributed by atoms with Gasteiger partial charge in [0.1, 0.15) is 5.75 Å². The molecule has 1 amide bonds. The molecule has 0 aliphatic carbocycles. The number of esters is 1. The summed E-state index contributed by atoms with van der Waals surface area (Å²) in [4.78, 5) is 28.1. The summed E-state index contributed by atoms with van der Waals surface area (Å²) in [5.41, 5.74) is 1.17. The predicted molar refractivity (Wildman–Crippen MR) is 91.8 cm³/mol. The maximum Gasteiger partial charge on any atom is 0.307 e. The molecule has 1 aromatic heterocycles. The summed E-state index contributed by atoms with van der Waals surface area (Å²) in [6.45, 7) is 0. The molecular formula is C17H17BrN2O4. The molecule has 0 saturated heterocycles. The van der Waals surface area contributed by atoms with Crippen molar-refractivity contribution in [3.63, 3.8) is 0 Å². The van der Waals surface area contributed by atoms with Crippen LogP contribution >= 0.6 is 15.9 Å². The Hall–Kier alpha value is -2.41. The van der Waals surface area contributed by atoms with E-state index in [4.69, 9.17) is 9.47 Å². The smallest absolute Gasteiger partial charge is 0.307 e. The molecule has 2 rings (SSSR count). The molecular weight excluding hydrogens is 376 g/mol. The van der Waals surface area contributed by atoms with E-state index in [0.29, 0.717) is 15.8 Å². The SMILES string of the molecule is COC(=O)CC(NC(=O)c1cncc(Br)c1)c1ccc(OC)cc1. The second-order valence-corrected chi connectivity index (χ2v) is 5.89. The van der Waals surface area contributed by atoms with Gasteiger partial charge in [0.15, 0.2) is 0 Å². The average Bonchev–Trinajstić information content (AvgIpc) is 2.61. The molecule has 2 aromatic rings. The Balaban J connectivity index is 2.21. The molecule has 24 heavy (non-hydrogen) atoms. The van der Waals surface area contributed by atoms with Crippen LogP contribution in [0.25, 0.3) is 0 Å². The molecule has 0 spiro atoms. The van der Waals surface area contributed by atoms with Crippen LogP contribution in [0.4, 0.5) is 0 Å². The summed E-state index contributed by atoms with van der Waals surface area (Å²) in [7, 11) is 2.89. The molecule has 6 nitrogen and oxygen atoms in total. The number of rotatable bonds is 6. The van der Waals surface area contributed by atoms with Gasteiger partial charge in [0.25, 0.3) is 5.91 Å². The Labute approximate surface area is 148 Å². The molecule has 0 saturated carbocycles. The van der Waals surface area contributed by atoms with Crippen molar-refractivity contribution >= 4 is 27.8 Å². The van der Waals surface area contributed by atoms with Gasteiger partial charge in [-0.05, 0) is 39.7 Å². The van der Waals surface area contributed by atoms with Crippen LogP contribution < -0.4 is 10.1 Å². The lowest BCUT2D eigenvalue weighted by atomic mass is 10.0. The third kappa shape index (κ3) is 4.79. The zero-order chi connectivity index (χ0) is 17.5. The molecule has 1 atom stereocenters. The minimum absolute atomic E-state index is 0.0238. The number of halogens is 1. The van der Waals surface area contributed by atoms with Gasteiger partial charge in [0, 0.05) is 16.9 Å². The Bertz CT molecular complexity index is 719. The van der Waals surface area contributed by atoms with Crippen molar-refractivity contribution < 1.29 is 19.1 Å². The Morgan fingerprint density at radius 3 is 2.50 bits per heavy atom. The number of carbonyl (C=O) groups excluding carboxylic acids is 2. The van der Waals surface area contributed by atoms with Gasteiger partial charge in [0.05, 0.1) is 32.2 Å². The molecule has 1 unspecified atom stereocenters. The number of aromatic nitrogens is 1. The molecule has 1 heterocycles. The van der Waals surface area contributed by atoms with Crippen LogP contribution in [0.1, 0.15) is 28.4 Å². The van der Waals surface area contributed by atoms with E-state index in [0.717, 1.165) is 5.56 Å². The number of hydrogen-bond donors (Lipinski definition) is 1. The van der Waals surface area contributed by atoms with Gasteiger partial charge in [-0.25, -0.2) is 0 Å². The van der Waals surface area contributed by atoms with Crippen LogP contribution in [0, 0.1) is 0 Å². The lowest BCUT2D eigenvalue weighted by Crippen LogP contribution is -2.30. The largest absolute Gasteiger partial charge is 0.497 e. The fourth-order valence-corrected chi connectivity index (χ4v) is 2.48. The predicted octanol–water partition coefficient (Wildman–Crippen LogP) is 2.89. The first-order chi connectivity index (χ1) is 11.5. The summed E-state index contributed by atoms with van der Waals surface area (Å²) in [6, 6.07) is 8.28. The number of pyridine rings is 1. The topological polar surface area (TPSA) is 77.5 Å². The number of carbonyl (C=O) groups is 2. The molecule has 1 N–H and O–H groups in total. The van der Waals surface area contributed by atoms with E-state index in [1.807, 2.05) is 0 Å². The molecule has 1 aromatic carbocycles. The molecule has 0 aliphatic heterocycles. The second-order valence-electron chi connectivity index (χ2n) is 4.97. The Morgan fingerprint density at radius 2 is 1.92 bits per heavy atom. The summed E-state index contributed by atoms with van der Waals surface area (Å²) < 4.78 is 10.5. The number of hydrogen-bond acceptors (Lipinski definition) is 5. The van der Waals surface area contributed by atoms with Crippen LogP contribution in [0.3, 0.4) is 0 Å². The van der Waals surface area contributed by atoms with E-state index in [9.17, 15) is 9.59 Å². The second kappa shape index (κ2) is 8.44. The Kier molecular flexibility index (Phi) is 6.31. The molecule has 0 radical (unpaired) electrons. The summed E-state index contributed by atoms with van der Waals surface area (Å²) >= 11 is 3.28. The van der Waals surface area contributed by atoms with Crippen molar-refractivity contribution in [2.75, 3.05) is 14.2 Å². The first kappa shape index (κ1) is 17.9. The molecule has 0 aliphatic rings. The number of nitrogens with one attached hydrogen (secondary N) is 1. The minimum Gasteiger partial charge on any atom is -0.497 e. The number of nitrogens with zero attached hydrogens (tertiary/aromatic N) is 1. The molecule has 0 bridgehead atoms. The van der Waals surface area contributed by atoms with Gasteiger partial charge >= 0.3 is 5.97 Å². The lowest BCUT2D eigenvalue weighted by molar-refractivity contribution is -0.141. The van der Waals surface area contributed by atoms with E-state index in [-0.39, 0.29) is 12.3 Å². The van der Waals surface area contributed by atoms with Crippen molar-refractivity contribution in [3.05, 3.63) is 58.3 Å². The van der Waals surface area contributed by atoms with Gasteiger partial charge in [0.2, 0.25) is 0 Å². The van der Waals surface area contributed by atoms with E-state index >= 15 is 0 Å². The minimum atomic E-state index is -0.519. The number of ether oxygens (including phenoxy) is 2. The zero-order valence-electron chi connectivity index (χ0n) is 13.3. The number of benzene rings is 1. The highest BCUT2D eigenvalue weighted by Gasteiger charge is 2.20. The summed E-state index contributed by atoms with van der Waals surface area (Å²) in [5.74, 6) is -0.0462. The molecule has 126 valence electrons. The van der Waals surface area contributed by atoms with E-state index in [1.54, 1.807) is 43.6 Å². The first-order valence-electron chi connectivity index (χ1n) is 7.15. The quantitative estimate of drug-likeness (QED) is 0.764. The normalized spacial score (nSPS) is 11.5. The van der Waals surface area contributed by atoms with Crippen LogP contribution in [-0.4, -0.2) is 31.1 Å². The van der Waals surface area contributed by atoms with Crippen molar-refractivity contribution in [1.82, 2.24) is 10.3 Å². The maximum atomic E-state index is 12.4. The fraction of sp³-hybridized carbons (Fsp3) is 0.235. The number of amides is 1.